The number of fused-ring (bicyclic) bond motifs is 2. The van der Waals surface area contributed by atoms with Crippen molar-refractivity contribution in [2.75, 3.05) is 113 Å². The van der Waals surface area contributed by atoms with Gasteiger partial charge in [0.05, 0.1) is 37.8 Å². The molecule has 0 spiro atoms. The highest BCUT2D eigenvalue weighted by molar-refractivity contribution is 5.97. The standard InChI is InChI=1S/C25H31N5O2.C17H18N4O.C8H15NO2.CH4.ClH/c31-25(7-4-12-29-10-1-2-11-29)27-19-17-23(20-5-3-6-22-21(20)8-9-26-22)28-24(18-19)30-13-15-32-16-14-30;18-12-10-16(13-2-1-3-15-14(13)4-5-19-15)20-17(11-12)21-6-8-22-9-7-21;10-8(11)4-3-7-9-5-1-2-6-9;;/h3,5-6,8-9,17-18,26H,1-2,4,7,10-16H2,(H,27,28,31);1-5,10-11,19H,6-9H2,(H2,18,20);1-7H2,(H,10,11);1H4;1H. The van der Waals surface area contributed by atoms with Crippen LogP contribution in [0.2, 0.25) is 0 Å². The molecular formula is C51H69ClN10O5. The molecule has 360 valence electrons. The third kappa shape index (κ3) is 14.2. The molecule has 2 aromatic carbocycles. The van der Waals surface area contributed by atoms with Crippen molar-refractivity contribution < 1.29 is 24.2 Å². The molecule has 0 bridgehead atoms. The maximum atomic E-state index is 12.7. The highest BCUT2D eigenvalue weighted by atomic mass is 35.5. The number of anilines is 4. The van der Waals surface area contributed by atoms with Crippen LogP contribution >= 0.6 is 12.4 Å². The number of nitrogens with two attached hydrogens (primary N) is 1. The Kier molecular flexibility index (Phi) is 19.2. The van der Waals surface area contributed by atoms with E-state index in [0.717, 1.165) is 133 Å². The van der Waals surface area contributed by atoms with Gasteiger partial charge < -0.3 is 55.2 Å². The first-order valence-electron chi connectivity index (χ1n) is 23.4. The summed E-state index contributed by atoms with van der Waals surface area (Å²) in [5.74, 6) is 1.19. The van der Waals surface area contributed by atoms with Gasteiger partial charge in [0, 0.05) is 108 Å². The summed E-state index contributed by atoms with van der Waals surface area (Å²) in [5, 5.41) is 13.8. The second-order valence-corrected chi connectivity index (χ2v) is 17.2. The number of carbonyl (C=O) groups is 2. The number of likely N-dealkylation sites (tertiary alicyclic amines) is 2. The van der Waals surface area contributed by atoms with E-state index in [1.54, 1.807) is 0 Å². The van der Waals surface area contributed by atoms with Gasteiger partial charge in [-0.2, -0.15) is 0 Å². The Morgan fingerprint density at radius 3 is 1.63 bits per heavy atom. The minimum atomic E-state index is -0.677. The van der Waals surface area contributed by atoms with E-state index in [2.05, 4.69) is 71.3 Å². The molecule has 4 fully saturated rings. The lowest BCUT2D eigenvalue weighted by Gasteiger charge is -2.28. The number of ether oxygens (including phenoxy) is 2. The molecule has 15 nitrogen and oxygen atoms in total. The van der Waals surface area contributed by atoms with Gasteiger partial charge in [0.1, 0.15) is 11.6 Å². The number of hydrogen-bond donors (Lipinski definition) is 5. The number of carboxylic acid groups (broad SMARTS) is 1. The fourth-order valence-electron chi connectivity index (χ4n) is 9.08. The van der Waals surface area contributed by atoms with Crippen LogP contribution in [0.25, 0.3) is 44.3 Å². The topological polar surface area (TPSA) is 181 Å². The number of morpholine rings is 2. The van der Waals surface area contributed by atoms with Crippen LogP contribution in [0.4, 0.5) is 23.0 Å². The third-order valence-electron chi connectivity index (χ3n) is 12.5. The Morgan fingerprint density at radius 1 is 0.642 bits per heavy atom. The number of aromatic nitrogens is 4. The molecule has 0 atom stereocenters. The summed E-state index contributed by atoms with van der Waals surface area (Å²) in [7, 11) is 0. The van der Waals surface area contributed by atoms with E-state index >= 15 is 0 Å². The van der Waals surface area contributed by atoms with Crippen molar-refractivity contribution in [3.8, 4) is 22.5 Å². The van der Waals surface area contributed by atoms with E-state index in [0.29, 0.717) is 26.1 Å². The molecule has 67 heavy (non-hydrogen) atoms. The van der Waals surface area contributed by atoms with Gasteiger partial charge in [-0.25, -0.2) is 9.97 Å². The van der Waals surface area contributed by atoms with Crippen LogP contribution in [0.1, 0.15) is 58.8 Å². The van der Waals surface area contributed by atoms with Gasteiger partial charge >= 0.3 is 5.97 Å². The number of aromatic amines is 2. The molecule has 6 N–H and O–H groups in total. The molecule has 0 unspecified atom stereocenters. The second-order valence-electron chi connectivity index (χ2n) is 17.2. The normalized spacial score (nSPS) is 16.4. The second kappa shape index (κ2) is 25.4. The molecule has 16 heteroatoms. The first-order chi connectivity index (χ1) is 31.9. The Labute approximate surface area is 400 Å². The van der Waals surface area contributed by atoms with E-state index in [1.807, 2.05) is 48.8 Å². The van der Waals surface area contributed by atoms with Crippen LogP contribution in [0.3, 0.4) is 0 Å². The molecule has 0 aliphatic carbocycles. The van der Waals surface area contributed by atoms with Gasteiger partial charge in [0.25, 0.3) is 0 Å². The van der Waals surface area contributed by atoms with Gasteiger partial charge in [0.2, 0.25) is 5.91 Å². The summed E-state index contributed by atoms with van der Waals surface area (Å²) in [5.41, 5.74) is 13.8. The number of carboxylic acids is 1. The van der Waals surface area contributed by atoms with Gasteiger partial charge in [-0.15, -0.1) is 12.4 Å². The molecule has 0 radical (unpaired) electrons. The number of pyridine rings is 2. The summed E-state index contributed by atoms with van der Waals surface area (Å²) < 4.78 is 10.9. The van der Waals surface area contributed by atoms with Crippen molar-refractivity contribution in [3.05, 3.63) is 85.2 Å². The molecule has 10 rings (SSSR count). The largest absolute Gasteiger partial charge is 0.481 e. The Bertz CT molecular complexity index is 2470. The summed E-state index contributed by atoms with van der Waals surface area (Å²) >= 11 is 0. The van der Waals surface area contributed by atoms with E-state index in [9.17, 15) is 9.59 Å². The van der Waals surface area contributed by atoms with Gasteiger partial charge in [-0.3, -0.25) is 9.59 Å². The minimum absolute atomic E-state index is 0. The number of benzene rings is 2. The molecule has 4 aliphatic rings. The number of aliphatic carboxylic acids is 1. The number of rotatable bonds is 13. The van der Waals surface area contributed by atoms with Gasteiger partial charge in [-0.05, 0) is 114 Å². The van der Waals surface area contributed by atoms with Crippen LogP contribution in [0.15, 0.2) is 85.2 Å². The van der Waals surface area contributed by atoms with Crippen LogP contribution < -0.4 is 20.9 Å². The molecule has 4 aliphatic heterocycles. The molecule has 6 aromatic rings. The first-order valence-corrected chi connectivity index (χ1v) is 23.4. The number of nitrogens with zero attached hydrogens (tertiary/aromatic N) is 6. The number of hydrogen-bond acceptors (Lipinski definition) is 11. The Balaban J connectivity index is 0.000000183. The van der Waals surface area contributed by atoms with Gasteiger partial charge in [-0.1, -0.05) is 31.7 Å². The third-order valence-corrected chi connectivity index (χ3v) is 12.5. The SMILES string of the molecule is C.Cl.Nc1cc(-c2cccc3[nH]ccc23)nc(N2CCOCC2)c1.O=C(CCCN1CCCC1)Nc1cc(-c2cccc3[nH]ccc23)nc(N2CCOCC2)c1.O=C(O)CCCN1CCCC1. The van der Waals surface area contributed by atoms with Crippen molar-refractivity contribution in [2.45, 2.75) is 58.8 Å². The number of H-pyrrole nitrogens is 2. The van der Waals surface area contributed by atoms with Crippen molar-refractivity contribution in [2.24, 2.45) is 0 Å². The predicted molar refractivity (Wildman–Crippen MR) is 274 cm³/mol. The average Bonchev–Trinajstić information content (AvgIpc) is 4.19. The lowest BCUT2D eigenvalue weighted by molar-refractivity contribution is -0.137. The van der Waals surface area contributed by atoms with Crippen LogP contribution in [0.5, 0.6) is 0 Å². The monoisotopic (exact) mass is 937 g/mol. The zero-order valence-electron chi connectivity index (χ0n) is 37.9. The van der Waals surface area contributed by atoms with Gasteiger partial charge in [0.15, 0.2) is 0 Å². The summed E-state index contributed by atoms with van der Waals surface area (Å²) in [6.45, 7) is 12.8. The van der Waals surface area contributed by atoms with Crippen molar-refractivity contribution in [3.63, 3.8) is 0 Å². The number of amides is 1. The van der Waals surface area contributed by atoms with Crippen molar-refractivity contribution in [1.82, 2.24) is 29.7 Å². The quantitative estimate of drug-likeness (QED) is 0.0746. The Morgan fingerprint density at radius 2 is 1.12 bits per heavy atom. The van der Waals surface area contributed by atoms with Crippen LogP contribution in [-0.2, 0) is 19.1 Å². The smallest absolute Gasteiger partial charge is 0.303 e. The van der Waals surface area contributed by atoms with Crippen molar-refractivity contribution in [1.29, 1.82) is 0 Å². The molecule has 4 aromatic heterocycles. The summed E-state index contributed by atoms with van der Waals surface area (Å²) in [4.78, 5) is 48.4. The average molecular weight is 938 g/mol. The number of carbonyl (C=O) groups excluding carboxylic acids is 1. The minimum Gasteiger partial charge on any atom is -0.481 e. The van der Waals surface area contributed by atoms with E-state index < -0.39 is 5.97 Å². The molecule has 4 saturated heterocycles. The lowest BCUT2D eigenvalue weighted by Crippen LogP contribution is -2.36. The zero-order chi connectivity index (χ0) is 44.8. The highest BCUT2D eigenvalue weighted by Crippen LogP contribution is 2.32. The first kappa shape index (κ1) is 50.7. The maximum absolute atomic E-state index is 12.7. The molecular weight excluding hydrogens is 868 g/mol. The summed E-state index contributed by atoms with van der Waals surface area (Å²) in [6, 6.07) is 24.4. The molecule has 0 saturated carbocycles. The van der Waals surface area contributed by atoms with Crippen molar-refractivity contribution >= 4 is 69.1 Å². The lowest BCUT2D eigenvalue weighted by atomic mass is 10.1. The number of nitrogen functional groups attached to an aromatic ring is 1. The highest BCUT2D eigenvalue weighted by Gasteiger charge is 2.19. The van der Waals surface area contributed by atoms with E-state index in [-0.39, 0.29) is 25.7 Å². The zero-order valence-corrected chi connectivity index (χ0v) is 38.7. The number of nitrogens with one attached hydrogen (secondary N) is 3. The van der Waals surface area contributed by atoms with E-state index in [4.69, 9.17) is 30.3 Å². The maximum Gasteiger partial charge on any atom is 0.303 e. The van der Waals surface area contributed by atoms with E-state index in [1.165, 1.54) is 51.9 Å². The Hall–Kier alpha value is -5.71. The summed E-state index contributed by atoms with van der Waals surface area (Å²) in [6.07, 6.45) is 11.6. The van der Waals surface area contributed by atoms with Crippen LogP contribution in [-0.4, -0.2) is 139 Å². The molecule has 8 heterocycles. The fourth-order valence-corrected chi connectivity index (χ4v) is 9.08. The number of halogens is 1. The predicted octanol–water partition coefficient (Wildman–Crippen LogP) is 8.53. The fraction of sp³-hybridized carbons (Fsp3) is 0.451. The molecule has 1 amide bonds. The van der Waals surface area contributed by atoms with Crippen LogP contribution in [0, 0.1) is 0 Å².